The van der Waals surface area contributed by atoms with Crippen molar-refractivity contribution < 1.29 is 9.21 Å². The molecule has 1 atom stereocenters. The highest BCUT2D eigenvalue weighted by molar-refractivity contribution is 8.00. The first-order valence-electron chi connectivity index (χ1n) is 10.5. The normalized spacial score (nSPS) is 17.2. The minimum absolute atomic E-state index is 0.0689. The molecule has 0 amide bonds. The first kappa shape index (κ1) is 21.4. The SMILES string of the molecule is CCn1c(SC(C)C(=O)/C=C2\N(C)c3ccccc3C2(C)C)nnc1-c1ccoc1C. The molecule has 3 aromatic rings. The molecule has 0 spiro atoms. The molecule has 3 heterocycles. The van der Waals surface area contributed by atoms with E-state index in [1.165, 1.54) is 17.3 Å². The topological polar surface area (TPSA) is 64.2 Å². The van der Waals surface area contributed by atoms with Crippen molar-refractivity contribution in [2.75, 3.05) is 11.9 Å². The maximum absolute atomic E-state index is 13.2. The molecule has 0 radical (unpaired) electrons. The van der Waals surface area contributed by atoms with Gasteiger partial charge in [0.25, 0.3) is 0 Å². The van der Waals surface area contributed by atoms with Gasteiger partial charge < -0.3 is 13.9 Å². The summed E-state index contributed by atoms with van der Waals surface area (Å²) >= 11 is 1.44. The lowest BCUT2D eigenvalue weighted by molar-refractivity contribution is -0.114. The van der Waals surface area contributed by atoms with E-state index >= 15 is 0 Å². The number of fused-ring (bicyclic) bond motifs is 1. The Labute approximate surface area is 187 Å². The Kier molecular flexibility index (Phi) is 5.56. The zero-order chi connectivity index (χ0) is 22.3. The zero-order valence-corrected chi connectivity index (χ0v) is 19.7. The Morgan fingerprint density at radius 2 is 2.00 bits per heavy atom. The van der Waals surface area contributed by atoms with Crippen LogP contribution < -0.4 is 4.90 Å². The number of anilines is 1. The van der Waals surface area contributed by atoms with E-state index in [2.05, 4.69) is 47.1 Å². The van der Waals surface area contributed by atoms with E-state index in [1.807, 2.05) is 44.5 Å². The Bertz CT molecular complexity index is 1160. The fraction of sp³-hybridized carbons (Fsp3) is 0.375. The highest BCUT2D eigenvalue weighted by atomic mass is 32.2. The second-order valence-corrected chi connectivity index (χ2v) is 9.64. The van der Waals surface area contributed by atoms with E-state index in [0.717, 1.165) is 33.7 Å². The smallest absolute Gasteiger partial charge is 0.192 e. The summed E-state index contributed by atoms with van der Waals surface area (Å²) in [6.45, 7) is 10.9. The van der Waals surface area contributed by atoms with Crippen molar-refractivity contribution in [1.29, 1.82) is 0 Å². The van der Waals surface area contributed by atoms with Gasteiger partial charge in [-0.25, -0.2) is 0 Å². The standard InChI is InChI=1S/C24H28N4O2S/c1-7-28-22(17-12-13-30-15(17)2)25-26-23(28)31-16(3)20(29)14-21-24(4,5)18-10-8-9-11-19(18)27(21)6/h8-14,16H,7H2,1-6H3/b21-14-. The molecule has 0 saturated heterocycles. The summed E-state index contributed by atoms with van der Waals surface area (Å²) in [5.41, 5.74) is 4.11. The van der Waals surface area contributed by atoms with Crippen molar-refractivity contribution in [3.05, 3.63) is 59.7 Å². The molecule has 162 valence electrons. The number of para-hydroxylation sites is 1. The van der Waals surface area contributed by atoms with Crippen molar-refractivity contribution in [2.24, 2.45) is 0 Å². The van der Waals surface area contributed by atoms with Crippen LogP contribution in [0.25, 0.3) is 11.4 Å². The van der Waals surface area contributed by atoms with Gasteiger partial charge in [-0.2, -0.15) is 0 Å². The number of aryl methyl sites for hydroxylation is 1. The Hall–Kier alpha value is -2.80. The van der Waals surface area contributed by atoms with Crippen LogP contribution in [0, 0.1) is 6.92 Å². The van der Waals surface area contributed by atoms with Crippen molar-refractivity contribution in [1.82, 2.24) is 14.8 Å². The van der Waals surface area contributed by atoms with Gasteiger partial charge in [0.1, 0.15) is 5.76 Å². The largest absolute Gasteiger partial charge is 0.469 e. The maximum Gasteiger partial charge on any atom is 0.192 e. The number of nitrogens with zero attached hydrogens (tertiary/aromatic N) is 4. The fourth-order valence-electron chi connectivity index (χ4n) is 4.20. The molecular weight excluding hydrogens is 408 g/mol. The first-order valence-corrected chi connectivity index (χ1v) is 11.4. The molecule has 1 unspecified atom stereocenters. The van der Waals surface area contributed by atoms with Gasteiger partial charge >= 0.3 is 0 Å². The number of carbonyl (C=O) groups excluding carboxylic acids is 1. The third-order valence-corrected chi connectivity index (χ3v) is 7.13. The Balaban J connectivity index is 1.58. The van der Waals surface area contributed by atoms with Gasteiger partial charge in [0.15, 0.2) is 16.8 Å². The molecule has 0 bridgehead atoms. The Morgan fingerprint density at radius 1 is 1.26 bits per heavy atom. The van der Waals surface area contributed by atoms with E-state index in [-0.39, 0.29) is 16.4 Å². The van der Waals surface area contributed by atoms with Crippen LogP contribution in [-0.2, 0) is 16.8 Å². The lowest BCUT2D eigenvalue weighted by Gasteiger charge is -2.24. The highest BCUT2D eigenvalue weighted by Crippen LogP contribution is 2.46. The molecule has 0 saturated carbocycles. The molecule has 0 N–H and O–H groups in total. The average molecular weight is 437 g/mol. The molecule has 1 aliphatic heterocycles. The van der Waals surface area contributed by atoms with Gasteiger partial charge in [-0.1, -0.05) is 43.8 Å². The van der Waals surface area contributed by atoms with E-state index in [1.54, 1.807) is 12.3 Å². The van der Waals surface area contributed by atoms with Gasteiger partial charge in [-0.3, -0.25) is 4.79 Å². The van der Waals surface area contributed by atoms with E-state index < -0.39 is 0 Å². The minimum atomic E-state index is -0.284. The number of aromatic nitrogens is 3. The van der Waals surface area contributed by atoms with Gasteiger partial charge in [-0.15, -0.1) is 10.2 Å². The van der Waals surface area contributed by atoms with E-state index in [9.17, 15) is 4.79 Å². The summed E-state index contributed by atoms with van der Waals surface area (Å²) in [5.74, 6) is 1.64. The fourth-order valence-corrected chi connectivity index (χ4v) is 5.14. The molecule has 2 aromatic heterocycles. The highest BCUT2D eigenvalue weighted by Gasteiger charge is 2.38. The minimum Gasteiger partial charge on any atom is -0.469 e. The van der Waals surface area contributed by atoms with E-state index in [4.69, 9.17) is 4.42 Å². The molecule has 31 heavy (non-hydrogen) atoms. The third-order valence-electron chi connectivity index (χ3n) is 6.04. The van der Waals surface area contributed by atoms with Crippen molar-refractivity contribution in [2.45, 2.75) is 57.0 Å². The molecule has 7 heteroatoms. The monoisotopic (exact) mass is 436 g/mol. The van der Waals surface area contributed by atoms with Crippen molar-refractivity contribution in [3.8, 4) is 11.4 Å². The van der Waals surface area contributed by atoms with Crippen LogP contribution in [0.15, 0.2) is 57.9 Å². The number of hydrogen-bond donors (Lipinski definition) is 0. The Morgan fingerprint density at radius 3 is 2.65 bits per heavy atom. The maximum atomic E-state index is 13.2. The number of benzene rings is 1. The number of hydrogen-bond acceptors (Lipinski definition) is 6. The summed E-state index contributed by atoms with van der Waals surface area (Å²) in [4.78, 5) is 15.3. The molecule has 1 aliphatic rings. The molecule has 0 aliphatic carbocycles. The average Bonchev–Trinajstić information content (AvgIpc) is 3.40. The van der Waals surface area contributed by atoms with Crippen LogP contribution in [0.1, 0.15) is 39.0 Å². The van der Waals surface area contributed by atoms with Crippen LogP contribution in [0.3, 0.4) is 0 Å². The molecule has 1 aromatic carbocycles. The van der Waals surface area contributed by atoms with Crippen molar-refractivity contribution >= 4 is 23.2 Å². The van der Waals surface area contributed by atoms with E-state index in [0.29, 0.717) is 6.54 Å². The number of allylic oxidation sites excluding steroid dienone is 2. The summed E-state index contributed by atoms with van der Waals surface area (Å²) in [7, 11) is 2.03. The molecule has 0 fully saturated rings. The summed E-state index contributed by atoms with van der Waals surface area (Å²) < 4.78 is 7.45. The second-order valence-electron chi connectivity index (χ2n) is 8.33. The first-order chi connectivity index (χ1) is 14.8. The molecule has 6 nitrogen and oxygen atoms in total. The number of carbonyl (C=O) groups is 1. The third kappa shape index (κ3) is 3.61. The van der Waals surface area contributed by atoms with Crippen LogP contribution in [0.5, 0.6) is 0 Å². The lowest BCUT2D eigenvalue weighted by Crippen LogP contribution is -2.25. The van der Waals surface area contributed by atoms with Gasteiger partial charge in [-0.05, 0) is 38.5 Å². The van der Waals surface area contributed by atoms with Gasteiger partial charge in [0.05, 0.1) is 17.1 Å². The number of likely N-dealkylation sites (N-methyl/N-ethyl adjacent to an activating group) is 1. The second kappa shape index (κ2) is 8.04. The van der Waals surface area contributed by atoms with Crippen LogP contribution in [-0.4, -0.2) is 32.8 Å². The quantitative estimate of drug-likeness (QED) is 0.390. The summed E-state index contributed by atoms with van der Waals surface area (Å²) in [6.07, 6.45) is 3.45. The lowest BCUT2D eigenvalue weighted by atomic mass is 9.83. The number of furan rings is 1. The molecular formula is C24H28N4O2S. The van der Waals surface area contributed by atoms with Crippen molar-refractivity contribution in [3.63, 3.8) is 0 Å². The molecule has 4 rings (SSSR count). The number of rotatable bonds is 6. The van der Waals surface area contributed by atoms with Crippen LogP contribution >= 0.6 is 11.8 Å². The summed E-state index contributed by atoms with van der Waals surface area (Å²) in [6, 6.07) is 10.2. The predicted molar refractivity (Wildman–Crippen MR) is 124 cm³/mol. The zero-order valence-electron chi connectivity index (χ0n) is 18.8. The van der Waals surface area contributed by atoms with Crippen LogP contribution in [0.4, 0.5) is 5.69 Å². The van der Waals surface area contributed by atoms with Gasteiger partial charge in [0, 0.05) is 36.5 Å². The number of ketones is 1. The van der Waals surface area contributed by atoms with Gasteiger partial charge in [0.2, 0.25) is 0 Å². The summed E-state index contributed by atoms with van der Waals surface area (Å²) in [5, 5.41) is 9.18. The van der Waals surface area contributed by atoms with Crippen LogP contribution in [0.2, 0.25) is 0 Å². The predicted octanol–water partition coefficient (Wildman–Crippen LogP) is 5.23. The number of thioether (sulfide) groups is 1.